The van der Waals surface area contributed by atoms with Crippen molar-refractivity contribution in [2.45, 2.75) is 67.2 Å². The molecule has 0 saturated carbocycles. The SMILES string of the molecule is CC(=O)Oc1c(CC=C(C)C)c(O)cc(O)c1CC=C(C)CCC=C(C)C. The first-order valence-corrected chi connectivity index (χ1v) is 9.29. The molecule has 0 aliphatic heterocycles. The van der Waals surface area contributed by atoms with Gasteiger partial charge in [-0.25, -0.2) is 0 Å². The van der Waals surface area contributed by atoms with Gasteiger partial charge in [-0.2, -0.15) is 0 Å². The molecular formula is C23H32O4. The summed E-state index contributed by atoms with van der Waals surface area (Å²) in [5, 5.41) is 20.6. The largest absolute Gasteiger partial charge is 0.507 e. The number of rotatable bonds is 8. The van der Waals surface area contributed by atoms with Crippen LogP contribution in [0.25, 0.3) is 0 Å². The third kappa shape index (κ3) is 7.73. The maximum atomic E-state index is 11.6. The molecule has 0 aromatic heterocycles. The average Bonchev–Trinajstić information content (AvgIpc) is 2.52. The van der Waals surface area contributed by atoms with Gasteiger partial charge < -0.3 is 14.9 Å². The third-order valence-corrected chi connectivity index (χ3v) is 4.15. The highest BCUT2D eigenvalue weighted by Gasteiger charge is 2.19. The number of esters is 1. The van der Waals surface area contributed by atoms with E-state index in [-0.39, 0.29) is 17.2 Å². The van der Waals surface area contributed by atoms with Gasteiger partial charge in [0.25, 0.3) is 0 Å². The Morgan fingerprint density at radius 3 is 1.89 bits per heavy atom. The highest BCUT2D eigenvalue weighted by atomic mass is 16.5. The van der Waals surface area contributed by atoms with Crippen molar-refractivity contribution in [1.82, 2.24) is 0 Å². The predicted molar refractivity (Wildman–Crippen MR) is 110 cm³/mol. The van der Waals surface area contributed by atoms with Crippen molar-refractivity contribution in [1.29, 1.82) is 0 Å². The van der Waals surface area contributed by atoms with Crippen molar-refractivity contribution in [2.75, 3.05) is 0 Å². The van der Waals surface area contributed by atoms with E-state index in [0.29, 0.717) is 24.0 Å². The molecule has 148 valence electrons. The molecule has 0 spiro atoms. The predicted octanol–water partition coefficient (Wildman–Crippen LogP) is 5.77. The second-order valence-corrected chi connectivity index (χ2v) is 7.36. The van der Waals surface area contributed by atoms with E-state index in [4.69, 9.17) is 4.74 Å². The summed E-state index contributed by atoms with van der Waals surface area (Å²) in [5.74, 6) is -0.373. The van der Waals surface area contributed by atoms with Gasteiger partial charge >= 0.3 is 5.97 Å². The maximum absolute atomic E-state index is 11.6. The topological polar surface area (TPSA) is 66.8 Å². The van der Waals surface area contributed by atoms with Crippen molar-refractivity contribution >= 4 is 5.97 Å². The molecule has 2 N–H and O–H groups in total. The number of ether oxygens (including phenoxy) is 1. The Balaban J connectivity index is 3.23. The van der Waals surface area contributed by atoms with E-state index in [9.17, 15) is 15.0 Å². The molecule has 27 heavy (non-hydrogen) atoms. The number of aromatic hydroxyl groups is 2. The fourth-order valence-corrected chi connectivity index (χ4v) is 2.65. The van der Waals surface area contributed by atoms with Gasteiger partial charge in [-0.3, -0.25) is 4.79 Å². The summed E-state index contributed by atoms with van der Waals surface area (Å²) >= 11 is 0. The molecule has 0 atom stereocenters. The van der Waals surface area contributed by atoms with E-state index >= 15 is 0 Å². The number of hydrogen-bond donors (Lipinski definition) is 2. The number of phenolic OH excluding ortho intramolecular Hbond substituents is 2. The van der Waals surface area contributed by atoms with Crippen molar-refractivity contribution in [3.63, 3.8) is 0 Å². The average molecular weight is 373 g/mol. The van der Waals surface area contributed by atoms with E-state index in [0.717, 1.165) is 18.4 Å². The molecular weight excluding hydrogens is 340 g/mol. The van der Waals surface area contributed by atoms with E-state index in [1.807, 2.05) is 32.9 Å². The third-order valence-electron chi connectivity index (χ3n) is 4.15. The molecule has 0 fully saturated rings. The molecule has 1 aromatic carbocycles. The Morgan fingerprint density at radius 1 is 0.889 bits per heavy atom. The number of carbonyl (C=O) groups excluding carboxylic acids is 1. The first kappa shape index (κ1) is 22.6. The van der Waals surface area contributed by atoms with Crippen LogP contribution in [-0.4, -0.2) is 16.2 Å². The molecule has 1 aromatic rings. The Hall–Kier alpha value is -2.49. The van der Waals surface area contributed by atoms with Crippen LogP contribution in [0.2, 0.25) is 0 Å². The molecule has 0 aliphatic rings. The normalized spacial score (nSPS) is 11.1. The summed E-state index contributed by atoms with van der Waals surface area (Å²) in [6.07, 6.45) is 8.92. The summed E-state index contributed by atoms with van der Waals surface area (Å²) in [7, 11) is 0. The zero-order valence-corrected chi connectivity index (χ0v) is 17.3. The van der Waals surface area contributed by atoms with Gasteiger partial charge in [0.1, 0.15) is 17.2 Å². The molecule has 0 radical (unpaired) electrons. The lowest BCUT2D eigenvalue weighted by Crippen LogP contribution is -2.07. The lowest BCUT2D eigenvalue weighted by atomic mass is 9.99. The lowest BCUT2D eigenvalue weighted by Gasteiger charge is -2.16. The summed E-state index contributed by atoms with van der Waals surface area (Å²) in [4.78, 5) is 11.6. The van der Waals surface area contributed by atoms with E-state index in [2.05, 4.69) is 19.9 Å². The van der Waals surface area contributed by atoms with Crippen molar-refractivity contribution in [3.05, 3.63) is 52.1 Å². The van der Waals surface area contributed by atoms with Gasteiger partial charge in [-0.15, -0.1) is 0 Å². The standard InChI is InChI=1S/C23H32O4/c1-15(2)8-7-9-17(5)11-13-20-22(26)14-21(25)19(12-10-16(3)4)23(20)27-18(6)24/h8,10-11,14,25-26H,7,9,12-13H2,1-6H3. The van der Waals surface area contributed by atoms with Crippen molar-refractivity contribution in [3.8, 4) is 17.2 Å². The van der Waals surface area contributed by atoms with E-state index in [1.165, 1.54) is 24.1 Å². The van der Waals surface area contributed by atoms with Crippen molar-refractivity contribution < 1.29 is 19.7 Å². The van der Waals surface area contributed by atoms with Gasteiger partial charge in [-0.05, 0) is 60.3 Å². The minimum Gasteiger partial charge on any atom is -0.507 e. The zero-order valence-electron chi connectivity index (χ0n) is 17.3. The molecule has 4 heteroatoms. The second-order valence-electron chi connectivity index (χ2n) is 7.36. The van der Waals surface area contributed by atoms with Gasteiger partial charge in [0.15, 0.2) is 0 Å². The fraction of sp³-hybridized carbons (Fsp3) is 0.435. The van der Waals surface area contributed by atoms with Crippen LogP contribution in [0.4, 0.5) is 0 Å². The van der Waals surface area contributed by atoms with Gasteiger partial charge in [0.2, 0.25) is 0 Å². The Kier molecular flexibility index (Phi) is 8.86. The molecule has 0 heterocycles. The van der Waals surface area contributed by atoms with Gasteiger partial charge in [0.05, 0.1) is 0 Å². The molecule has 0 bridgehead atoms. The summed E-state index contributed by atoms with van der Waals surface area (Å²) in [6, 6.07) is 1.32. The molecule has 0 amide bonds. The fourth-order valence-electron chi connectivity index (χ4n) is 2.65. The van der Waals surface area contributed by atoms with Crippen molar-refractivity contribution in [2.24, 2.45) is 0 Å². The monoisotopic (exact) mass is 372 g/mol. The van der Waals surface area contributed by atoms with Gasteiger partial charge in [-0.1, -0.05) is 34.9 Å². The van der Waals surface area contributed by atoms with Crippen LogP contribution < -0.4 is 4.74 Å². The number of carbonyl (C=O) groups is 1. The first-order chi connectivity index (χ1) is 12.6. The number of benzene rings is 1. The zero-order chi connectivity index (χ0) is 20.6. The second kappa shape index (κ2) is 10.6. The maximum Gasteiger partial charge on any atom is 0.308 e. The molecule has 0 saturated heterocycles. The molecule has 4 nitrogen and oxygen atoms in total. The minimum absolute atomic E-state index is 0.0713. The first-order valence-electron chi connectivity index (χ1n) is 9.29. The van der Waals surface area contributed by atoms with Crippen LogP contribution in [0.3, 0.4) is 0 Å². The summed E-state index contributed by atoms with van der Waals surface area (Å²) in [5.41, 5.74) is 4.60. The van der Waals surface area contributed by atoms with Crippen LogP contribution in [-0.2, 0) is 17.6 Å². The quantitative estimate of drug-likeness (QED) is 0.345. The van der Waals surface area contributed by atoms with Gasteiger partial charge in [0, 0.05) is 24.1 Å². The summed E-state index contributed by atoms with van der Waals surface area (Å²) < 4.78 is 5.39. The van der Waals surface area contributed by atoms with E-state index < -0.39 is 5.97 Å². The van der Waals surface area contributed by atoms with Crippen LogP contribution in [0.15, 0.2) is 41.0 Å². The lowest BCUT2D eigenvalue weighted by molar-refractivity contribution is -0.132. The Morgan fingerprint density at radius 2 is 1.41 bits per heavy atom. The smallest absolute Gasteiger partial charge is 0.308 e. The van der Waals surface area contributed by atoms with Crippen LogP contribution >= 0.6 is 0 Å². The number of hydrogen-bond acceptors (Lipinski definition) is 4. The van der Waals surface area contributed by atoms with Crippen LogP contribution in [0.1, 0.15) is 65.5 Å². The summed E-state index contributed by atoms with van der Waals surface area (Å²) in [6.45, 7) is 11.4. The highest BCUT2D eigenvalue weighted by Crippen LogP contribution is 2.39. The van der Waals surface area contributed by atoms with Crippen LogP contribution in [0.5, 0.6) is 17.2 Å². The number of allylic oxidation sites excluding steroid dienone is 6. The Labute approximate surface area is 162 Å². The molecule has 0 unspecified atom stereocenters. The minimum atomic E-state index is -0.482. The Bertz CT molecular complexity index is 759. The molecule has 0 aliphatic carbocycles. The highest BCUT2D eigenvalue weighted by molar-refractivity contribution is 5.72. The number of phenols is 2. The van der Waals surface area contributed by atoms with E-state index in [1.54, 1.807) is 0 Å². The molecule has 1 rings (SSSR count). The van der Waals surface area contributed by atoms with Crippen LogP contribution in [0, 0.1) is 0 Å².